The van der Waals surface area contributed by atoms with Gasteiger partial charge in [0.25, 0.3) is 0 Å². The van der Waals surface area contributed by atoms with Gasteiger partial charge < -0.3 is 9.73 Å². The molecular formula is C22H14F4N6O2S. The summed E-state index contributed by atoms with van der Waals surface area (Å²) in [6.45, 7) is 0. The third-order valence-electron chi connectivity index (χ3n) is 5.37. The van der Waals surface area contributed by atoms with Crippen LogP contribution in [0.1, 0.15) is 35.2 Å². The van der Waals surface area contributed by atoms with E-state index in [1.807, 2.05) is 0 Å². The molecule has 1 aromatic carbocycles. The Hall–Kier alpha value is -3.92. The first-order valence-electron chi connectivity index (χ1n) is 10.3. The highest BCUT2D eigenvalue weighted by Gasteiger charge is 2.44. The number of carbonyl (C=O) groups excluding carboxylic acids is 1. The van der Waals surface area contributed by atoms with Gasteiger partial charge in [0, 0.05) is 11.8 Å². The normalized spacial score (nSPS) is 14.6. The largest absolute Gasteiger partial charge is 0.424 e. The zero-order chi connectivity index (χ0) is 24.8. The topological polar surface area (TPSA) is 118 Å². The lowest BCUT2D eigenvalue weighted by molar-refractivity contribution is -0.137. The second-order valence-corrected chi connectivity index (χ2v) is 9.08. The van der Waals surface area contributed by atoms with Crippen molar-refractivity contribution in [2.24, 2.45) is 0 Å². The first kappa shape index (κ1) is 22.9. The molecule has 1 saturated carbocycles. The Morgan fingerprint density at radius 3 is 2.63 bits per heavy atom. The van der Waals surface area contributed by atoms with E-state index in [2.05, 4.69) is 31.6 Å². The van der Waals surface area contributed by atoms with Crippen LogP contribution in [-0.4, -0.2) is 31.6 Å². The Bertz CT molecular complexity index is 1470. The van der Waals surface area contributed by atoms with Crippen molar-refractivity contribution in [1.82, 2.24) is 25.5 Å². The molecule has 1 fully saturated rings. The third kappa shape index (κ3) is 4.69. The predicted octanol–water partition coefficient (Wildman–Crippen LogP) is 4.20. The lowest BCUT2D eigenvalue weighted by Crippen LogP contribution is -2.36. The van der Waals surface area contributed by atoms with Crippen LogP contribution in [0.5, 0.6) is 0 Å². The Morgan fingerprint density at radius 2 is 1.97 bits per heavy atom. The number of nitrogens with one attached hydrogen (secondary N) is 1. The van der Waals surface area contributed by atoms with Crippen LogP contribution in [0.25, 0.3) is 21.5 Å². The minimum absolute atomic E-state index is 0.0540. The van der Waals surface area contributed by atoms with E-state index in [1.54, 1.807) is 6.07 Å². The maximum Gasteiger partial charge on any atom is 0.417 e. The summed E-state index contributed by atoms with van der Waals surface area (Å²) in [5.41, 5.74) is -1.23. The molecule has 1 N–H and O–H groups in total. The molecule has 8 nitrogen and oxygen atoms in total. The Labute approximate surface area is 198 Å². The molecule has 13 heteroatoms. The molecule has 3 aromatic heterocycles. The number of aromatic nitrogens is 4. The number of benzene rings is 1. The number of hydrogen-bond acceptors (Lipinski definition) is 8. The van der Waals surface area contributed by atoms with Gasteiger partial charge in [-0.15, -0.1) is 21.5 Å². The molecule has 0 bridgehead atoms. The van der Waals surface area contributed by atoms with Gasteiger partial charge in [-0.25, -0.2) is 9.37 Å². The van der Waals surface area contributed by atoms with Crippen molar-refractivity contribution in [3.05, 3.63) is 58.6 Å². The van der Waals surface area contributed by atoms with E-state index in [1.165, 1.54) is 6.07 Å². The monoisotopic (exact) mass is 502 g/mol. The van der Waals surface area contributed by atoms with Gasteiger partial charge in [0.05, 0.1) is 34.0 Å². The molecule has 0 radical (unpaired) electrons. The Kier molecular flexibility index (Phi) is 5.47. The van der Waals surface area contributed by atoms with Gasteiger partial charge in [0.2, 0.25) is 17.7 Å². The molecule has 0 saturated heterocycles. The second kappa shape index (κ2) is 8.38. The van der Waals surface area contributed by atoms with Crippen molar-refractivity contribution in [3.63, 3.8) is 0 Å². The summed E-state index contributed by atoms with van der Waals surface area (Å²) in [6, 6.07) is 7.00. The van der Waals surface area contributed by atoms with Gasteiger partial charge in [-0.2, -0.15) is 18.4 Å². The molecule has 5 rings (SSSR count). The molecule has 3 heterocycles. The SMILES string of the molecule is N#CC1(NC(=O)Cc2nnc(Cc3nc4ccc(-c5ccc(C(F)(F)F)cn5)c(F)c4s3)o2)CC1. The van der Waals surface area contributed by atoms with Crippen LogP contribution in [0.4, 0.5) is 17.6 Å². The summed E-state index contributed by atoms with van der Waals surface area (Å²) < 4.78 is 59.2. The predicted molar refractivity (Wildman–Crippen MR) is 114 cm³/mol. The number of nitriles is 1. The third-order valence-corrected chi connectivity index (χ3v) is 6.44. The average molecular weight is 502 g/mol. The van der Waals surface area contributed by atoms with Gasteiger partial charge in [0.15, 0.2) is 5.82 Å². The molecule has 1 aliphatic carbocycles. The fraction of sp³-hybridized carbons (Fsp3) is 0.273. The summed E-state index contributed by atoms with van der Waals surface area (Å²) in [5.74, 6) is -0.786. The van der Waals surface area contributed by atoms with E-state index < -0.39 is 29.0 Å². The standard InChI is InChI=1S/C22H14F4N6O2S/c23-19-12(13-3-1-11(9-28-13)22(24,25)26)2-4-14-20(19)35-18(29-14)8-17-32-31-16(34-17)7-15(33)30-21(10-27)5-6-21/h1-4,9H,5-8H2,(H,30,33). The Balaban J connectivity index is 1.31. The number of fused-ring (bicyclic) bond motifs is 1. The number of alkyl halides is 3. The molecule has 4 aromatic rings. The van der Waals surface area contributed by atoms with Crippen LogP contribution in [0.15, 0.2) is 34.9 Å². The van der Waals surface area contributed by atoms with E-state index in [4.69, 9.17) is 9.68 Å². The zero-order valence-electron chi connectivity index (χ0n) is 17.7. The molecule has 35 heavy (non-hydrogen) atoms. The summed E-state index contributed by atoms with van der Waals surface area (Å²) in [5, 5.41) is 19.9. The van der Waals surface area contributed by atoms with E-state index in [0.717, 1.165) is 23.5 Å². The van der Waals surface area contributed by atoms with Crippen molar-refractivity contribution in [1.29, 1.82) is 5.26 Å². The van der Waals surface area contributed by atoms with Crippen LogP contribution in [0, 0.1) is 17.1 Å². The van der Waals surface area contributed by atoms with E-state index in [0.29, 0.717) is 29.6 Å². The van der Waals surface area contributed by atoms with Crippen LogP contribution < -0.4 is 5.32 Å². The zero-order valence-corrected chi connectivity index (χ0v) is 18.5. The highest BCUT2D eigenvalue weighted by atomic mass is 32.1. The number of thiazole rings is 1. The highest BCUT2D eigenvalue weighted by Crippen LogP contribution is 2.35. The summed E-state index contributed by atoms with van der Waals surface area (Å²) in [6.07, 6.45) is -2.73. The number of amides is 1. The minimum atomic E-state index is -4.53. The van der Waals surface area contributed by atoms with Crippen LogP contribution in [0.3, 0.4) is 0 Å². The Morgan fingerprint density at radius 1 is 1.20 bits per heavy atom. The van der Waals surface area contributed by atoms with Crippen molar-refractivity contribution < 1.29 is 26.8 Å². The van der Waals surface area contributed by atoms with E-state index in [9.17, 15) is 18.0 Å². The second-order valence-electron chi connectivity index (χ2n) is 8.00. The minimum Gasteiger partial charge on any atom is -0.424 e. The number of halogens is 4. The van der Waals surface area contributed by atoms with Gasteiger partial charge in [-0.05, 0) is 37.1 Å². The summed E-state index contributed by atoms with van der Waals surface area (Å²) in [4.78, 5) is 20.2. The van der Waals surface area contributed by atoms with Gasteiger partial charge in [-0.1, -0.05) is 0 Å². The molecular weight excluding hydrogens is 488 g/mol. The van der Waals surface area contributed by atoms with Crippen molar-refractivity contribution >= 4 is 27.5 Å². The maximum atomic E-state index is 15.1. The molecule has 178 valence electrons. The first-order chi connectivity index (χ1) is 16.7. The molecule has 0 aliphatic heterocycles. The molecule has 1 amide bonds. The number of rotatable bonds is 6. The van der Waals surface area contributed by atoms with E-state index >= 15 is 4.39 Å². The van der Waals surface area contributed by atoms with Crippen molar-refractivity contribution in [3.8, 4) is 17.3 Å². The summed E-state index contributed by atoms with van der Waals surface area (Å²) >= 11 is 1.04. The van der Waals surface area contributed by atoms with Gasteiger partial charge >= 0.3 is 6.18 Å². The molecule has 0 atom stereocenters. The van der Waals surface area contributed by atoms with Crippen molar-refractivity contribution in [2.45, 2.75) is 37.4 Å². The number of hydrogen-bond donors (Lipinski definition) is 1. The van der Waals surface area contributed by atoms with Gasteiger partial charge in [0.1, 0.15) is 17.0 Å². The average Bonchev–Trinajstić information content (AvgIpc) is 3.24. The molecule has 0 spiro atoms. The van der Waals surface area contributed by atoms with E-state index in [-0.39, 0.29) is 40.6 Å². The van der Waals surface area contributed by atoms with Crippen molar-refractivity contribution in [2.75, 3.05) is 0 Å². The first-order valence-corrected chi connectivity index (χ1v) is 11.1. The molecule has 0 unspecified atom stereocenters. The number of pyridine rings is 1. The lowest BCUT2D eigenvalue weighted by Gasteiger charge is -2.07. The molecule has 1 aliphatic rings. The summed E-state index contributed by atoms with van der Waals surface area (Å²) in [7, 11) is 0. The fourth-order valence-electron chi connectivity index (χ4n) is 3.40. The number of carbonyl (C=O) groups is 1. The lowest BCUT2D eigenvalue weighted by atomic mass is 10.1. The quantitative estimate of drug-likeness (QED) is 0.393. The maximum absolute atomic E-state index is 15.1. The van der Waals surface area contributed by atoms with Crippen LogP contribution >= 0.6 is 11.3 Å². The van der Waals surface area contributed by atoms with Crippen LogP contribution in [0.2, 0.25) is 0 Å². The van der Waals surface area contributed by atoms with Gasteiger partial charge in [-0.3, -0.25) is 9.78 Å². The highest BCUT2D eigenvalue weighted by molar-refractivity contribution is 7.18. The fourth-order valence-corrected chi connectivity index (χ4v) is 4.39. The smallest absolute Gasteiger partial charge is 0.417 e. The number of nitrogens with zero attached hydrogens (tertiary/aromatic N) is 5. The van der Waals surface area contributed by atoms with Crippen LogP contribution in [-0.2, 0) is 23.8 Å².